The molecule has 0 bridgehead atoms. The lowest BCUT2D eigenvalue weighted by atomic mass is 10.2. The second kappa shape index (κ2) is 5.74. The zero-order chi connectivity index (χ0) is 13.1. The van der Waals surface area contributed by atoms with Crippen molar-refractivity contribution in [1.29, 1.82) is 0 Å². The van der Waals surface area contributed by atoms with Gasteiger partial charge >= 0.3 is 0 Å². The first-order valence-electron chi connectivity index (χ1n) is 6.63. The van der Waals surface area contributed by atoms with Crippen molar-refractivity contribution in [2.75, 3.05) is 0 Å². The molecule has 4 nitrogen and oxygen atoms in total. The lowest BCUT2D eigenvalue weighted by Crippen LogP contribution is -2.06. The topological polar surface area (TPSA) is 35.6 Å². The molecule has 0 radical (unpaired) electrons. The molecule has 0 aliphatic carbocycles. The largest absolute Gasteiger partial charge is 0.312 e. The number of rotatable bonds is 6. The van der Waals surface area contributed by atoms with E-state index in [1.807, 2.05) is 18.7 Å². The van der Waals surface area contributed by atoms with Gasteiger partial charge in [0.25, 0.3) is 0 Å². The first-order valence-corrected chi connectivity index (χ1v) is 7.17. The molecule has 0 spiro atoms. The van der Waals surface area contributed by atoms with Crippen molar-refractivity contribution in [3.8, 4) is 0 Å². The van der Waals surface area contributed by atoms with E-state index in [2.05, 4.69) is 21.6 Å². The van der Waals surface area contributed by atoms with Gasteiger partial charge in [-0.2, -0.15) is 5.10 Å². The maximum Gasteiger partial charge on any atom is 0.158 e. The molecule has 18 heavy (non-hydrogen) atoms. The number of unbranched alkanes of at least 4 members (excludes halogenated alkanes) is 3. The highest BCUT2D eigenvalue weighted by Crippen LogP contribution is 2.21. The van der Waals surface area contributed by atoms with E-state index in [-0.39, 0.29) is 0 Å². The minimum Gasteiger partial charge on any atom is -0.312 e. The van der Waals surface area contributed by atoms with Crippen LogP contribution in [0.2, 0.25) is 0 Å². The highest BCUT2D eigenvalue weighted by atomic mass is 35.5. The summed E-state index contributed by atoms with van der Waals surface area (Å²) in [4.78, 5) is 4.60. The second-order valence-electron chi connectivity index (χ2n) is 4.76. The molecule has 0 aliphatic rings. The molecule has 0 fully saturated rings. The average Bonchev–Trinajstić information content (AvgIpc) is 2.85. The Labute approximate surface area is 113 Å². The first-order chi connectivity index (χ1) is 8.69. The molecule has 0 N–H and O–H groups in total. The van der Waals surface area contributed by atoms with Gasteiger partial charge in [-0.1, -0.05) is 26.2 Å². The number of alkyl halides is 1. The minimum atomic E-state index is 0.460. The summed E-state index contributed by atoms with van der Waals surface area (Å²) in [6.07, 6.45) is 4.98. The van der Waals surface area contributed by atoms with Crippen LogP contribution in [0.25, 0.3) is 11.2 Å². The number of hydrogen-bond donors (Lipinski definition) is 0. The maximum absolute atomic E-state index is 5.99. The fraction of sp³-hybridized carbons (Fsp3) is 0.692. The molecule has 0 amide bonds. The predicted molar refractivity (Wildman–Crippen MR) is 74.9 cm³/mol. The van der Waals surface area contributed by atoms with Crippen molar-refractivity contribution in [2.24, 2.45) is 7.05 Å². The molecule has 2 heterocycles. The third kappa shape index (κ3) is 2.39. The van der Waals surface area contributed by atoms with Gasteiger partial charge < -0.3 is 4.57 Å². The Bertz CT molecular complexity index is 527. The van der Waals surface area contributed by atoms with E-state index < -0.39 is 0 Å². The average molecular weight is 269 g/mol. The molecule has 0 unspecified atom stereocenters. The SMILES string of the molecule is CCCCCCn1c(CCl)nc2c(C)nn(C)c21. The number of hydrogen-bond acceptors (Lipinski definition) is 2. The summed E-state index contributed by atoms with van der Waals surface area (Å²) in [5, 5.41) is 4.42. The fourth-order valence-electron chi connectivity index (χ4n) is 2.41. The van der Waals surface area contributed by atoms with Crippen molar-refractivity contribution >= 4 is 22.8 Å². The summed E-state index contributed by atoms with van der Waals surface area (Å²) < 4.78 is 4.13. The van der Waals surface area contributed by atoms with Crippen LogP contribution in [0.15, 0.2) is 0 Å². The van der Waals surface area contributed by atoms with Gasteiger partial charge in [-0.3, -0.25) is 4.68 Å². The summed E-state index contributed by atoms with van der Waals surface area (Å²) in [5.41, 5.74) is 3.06. The number of fused-ring (bicyclic) bond motifs is 1. The smallest absolute Gasteiger partial charge is 0.158 e. The van der Waals surface area contributed by atoms with Gasteiger partial charge in [-0.05, 0) is 13.3 Å². The quantitative estimate of drug-likeness (QED) is 0.595. The lowest BCUT2D eigenvalue weighted by Gasteiger charge is -2.07. The second-order valence-corrected chi connectivity index (χ2v) is 5.02. The first kappa shape index (κ1) is 13.4. The molecule has 2 rings (SSSR count). The standard InChI is InChI=1S/C13H21ClN4/c1-4-5-6-7-8-18-11(9-14)15-12-10(2)16-17(3)13(12)18/h4-9H2,1-3H3. The Kier molecular flexibility index (Phi) is 4.27. The highest BCUT2D eigenvalue weighted by Gasteiger charge is 2.16. The van der Waals surface area contributed by atoms with Crippen molar-refractivity contribution in [1.82, 2.24) is 19.3 Å². The van der Waals surface area contributed by atoms with Gasteiger partial charge in [-0.15, -0.1) is 11.6 Å². The summed E-state index contributed by atoms with van der Waals surface area (Å²) in [6, 6.07) is 0. The van der Waals surface area contributed by atoms with E-state index in [1.54, 1.807) is 0 Å². The third-order valence-electron chi connectivity index (χ3n) is 3.32. The molecule has 5 heteroatoms. The van der Waals surface area contributed by atoms with Crippen LogP contribution in [-0.4, -0.2) is 19.3 Å². The Hall–Kier alpha value is -1.03. The molecule has 2 aromatic rings. The van der Waals surface area contributed by atoms with Crippen molar-refractivity contribution < 1.29 is 0 Å². The van der Waals surface area contributed by atoms with Gasteiger partial charge in [0, 0.05) is 13.6 Å². The summed E-state index contributed by atoms with van der Waals surface area (Å²) in [5.74, 6) is 1.42. The molecule has 0 aromatic carbocycles. The van der Waals surface area contributed by atoms with Gasteiger partial charge in [-0.25, -0.2) is 4.98 Å². The number of nitrogens with zero attached hydrogens (tertiary/aromatic N) is 4. The van der Waals surface area contributed by atoms with Gasteiger partial charge in [0.15, 0.2) is 5.65 Å². The Balaban J connectivity index is 2.28. The van der Waals surface area contributed by atoms with Crippen LogP contribution < -0.4 is 0 Å². The van der Waals surface area contributed by atoms with Crippen LogP contribution in [0.1, 0.15) is 44.1 Å². The Morgan fingerprint density at radius 2 is 2.00 bits per heavy atom. The van der Waals surface area contributed by atoms with E-state index in [4.69, 9.17) is 11.6 Å². The highest BCUT2D eigenvalue weighted by molar-refractivity contribution is 6.16. The van der Waals surface area contributed by atoms with Gasteiger partial charge in [0.1, 0.15) is 11.3 Å². The molecular weight excluding hydrogens is 248 g/mol. The van der Waals surface area contributed by atoms with Crippen LogP contribution in [0.3, 0.4) is 0 Å². The van der Waals surface area contributed by atoms with Crippen LogP contribution in [-0.2, 0) is 19.5 Å². The molecular formula is C13H21ClN4. The molecule has 2 aromatic heterocycles. The van der Waals surface area contributed by atoms with E-state index in [0.29, 0.717) is 5.88 Å². The van der Waals surface area contributed by atoms with Gasteiger partial charge in [0.05, 0.1) is 11.6 Å². The normalized spacial score (nSPS) is 11.6. The molecule has 0 saturated carbocycles. The molecule has 0 aliphatic heterocycles. The summed E-state index contributed by atoms with van der Waals surface area (Å²) in [6.45, 7) is 5.20. The Morgan fingerprint density at radius 3 is 2.67 bits per heavy atom. The molecule has 0 atom stereocenters. The number of imidazole rings is 1. The number of halogens is 1. The predicted octanol–water partition coefficient (Wildman–Crippen LogP) is 3.40. The van der Waals surface area contributed by atoms with Gasteiger partial charge in [0.2, 0.25) is 0 Å². The van der Waals surface area contributed by atoms with E-state index in [9.17, 15) is 0 Å². The monoisotopic (exact) mass is 268 g/mol. The fourth-order valence-corrected chi connectivity index (χ4v) is 2.62. The molecule has 0 saturated heterocycles. The van der Waals surface area contributed by atoms with E-state index >= 15 is 0 Å². The number of aromatic nitrogens is 4. The summed E-state index contributed by atoms with van der Waals surface area (Å²) in [7, 11) is 1.97. The van der Waals surface area contributed by atoms with E-state index in [0.717, 1.165) is 29.2 Å². The molecule has 100 valence electrons. The van der Waals surface area contributed by atoms with E-state index in [1.165, 1.54) is 25.7 Å². The van der Waals surface area contributed by atoms with Crippen LogP contribution in [0.4, 0.5) is 0 Å². The zero-order valence-corrected chi connectivity index (χ0v) is 12.2. The number of aryl methyl sites for hydroxylation is 3. The van der Waals surface area contributed by atoms with Crippen molar-refractivity contribution in [3.63, 3.8) is 0 Å². The van der Waals surface area contributed by atoms with Crippen LogP contribution in [0.5, 0.6) is 0 Å². The van der Waals surface area contributed by atoms with Crippen LogP contribution >= 0.6 is 11.6 Å². The Morgan fingerprint density at radius 1 is 1.22 bits per heavy atom. The zero-order valence-electron chi connectivity index (χ0n) is 11.4. The van der Waals surface area contributed by atoms with Crippen molar-refractivity contribution in [2.45, 2.75) is 52.0 Å². The summed E-state index contributed by atoms with van der Waals surface area (Å²) >= 11 is 5.99. The minimum absolute atomic E-state index is 0.460. The maximum atomic E-state index is 5.99. The van der Waals surface area contributed by atoms with Crippen LogP contribution in [0, 0.1) is 6.92 Å². The third-order valence-corrected chi connectivity index (χ3v) is 3.56. The van der Waals surface area contributed by atoms with Crippen molar-refractivity contribution in [3.05, 3.63) is 11.5 Å². The lowest BCUT2D eigenvalue weighted by molar-refractivity contribution is 0.570.